The molecule has 2 N–H and O–H groups in total. The van der Waals surface area contributed by atoms with E-state index in [1.54, 1.807) is 20.8 Å². The van der Waals surface area contributed by atoms with E-state index in [9.17, 15) is 14.0 Å². The van der Waals surface area contributed by atoms with E-state index in [0.29, 0.717) is 17.0 Å². The highest BCUT2D eigenvalue weighted by molar-refractivity contribution is 5.95. The lowest BCUT2D eigenvalue weighted by Crippen LogP contribution is -2.20. The third-order valence-corrected chi connectivity index (χ3v) is 3.58. The molecule has 1 atom stereocenters. The fourth-order valence-electron chi connectivity index (χ4n) is 2.42. The molecule has 1 aromatic carbocycles. The topological polar surface area (TPSA) is 92.4 Å². The molecule has 1 aromatic heterocycles. The van der Waals surface area contributed by atoms with Crippen LogP contribution in [0.1, 0.15) is 35.4 Å². The first-order chi connectivity index (χ1) is 10.8. The number of nitrogens with one attached hydrogen (secondary N) is 1. The fraction of sp³-hybridized carbons (Fsp3) is 0.312. The molecule has 1 amide bonds. The van der Waals surface area contributed by atoms with E-state index in [1.165, 1.54) is 12.1 Å². The van der Waals surface area contributed by atoms with Crippen LogP contribution in [0, 0.1) is 19.7 Å². The minimum Gasteiger partial charge on any atom is -0.481 e. The molecule has 0 saturated carbocycles. The standard InChI is InChI=1S/C16H17FN2O4/c1-8(15-9(2)19-23-10(15)3)16(22)18-12-5-4-11(6-14(20)21)13(17)7-12/h4-5,7-8H,6H2,1-3H3,(H,18,22)(H,20,21). The Hall–Kier alpha value is -2.70. The highest BCUT2D eigenvalue weighted by Crippen LogP contribution is 2.25. The summed E-state index contributed by atoms with van der Waals surface area (Å²) >= 11 is 0. The molecule has 7 heteroatoms. The molecule has 0 fully saturated rings. The monoisotopic (exact) mass is 320 g/mol. The van der Waals surface area contributed by atoms with Crippen molar-refractivity contribution in [2.75, 3.05) is 5.32 Å². The number of amides is 1. The summed E-state index contributed by atoms with van der Waals surface area (Å²) in [6.07, 6.45) is -0.407. The maximum absolute atomic E-state index is 13.8. The van der Waals surface area contributed by atoms with Gasteiger partial charge in [-0.25, -0.2) is 4.39 Å². The maximum atomic E-state index is 13.8. The summed E-state index contributed by atoms with van der Waals surface area (Å²) in [6.45, 7) is 5.17. The smallest absolute Gasteiger partial charge is 0.307 e. The van der Waals surface area contributed by atoms with Crippen LogP contribution in [0.5, 0.6) is 0 Å². The zero-order chi connectivity index (χ0) is 17.1. The SMILES string of the molecule is Cc1noc(C)c1C(C)C(=O)Nc1ccc(CC(=O)O)c(F)c1. The molecule has 0 bridgehead atoms. The number of halogens is 1. The molecule has 1 heterocycles. The fourth-order valence-corrected chi connectivity index (χ4v) is 2.42. The number of rotatable bonds is 5. The highest BCUT2D eigenvalue weighted by Gasteiger charge is 2.23. The Labute approximate surface area is 132 Å². The second-order valence-electron chi connectivity index (χ2n) is 5.33. The van der Waals surface area contributed by atoms with Crippen LogP contribution >= 0.6 is 0 Å². The summed E-state index contributed by atoms with van der Waals surface area (Å²) in [5, 5.41) is 15.1. The van der Waals surface area contributed by atoms with E-state index in [1.807, 2.05) is 0 Å². The van der Waals surface area contributed by atoms with Crippen molar-refractivity contribution in [3.8, 4) is 0 Å². The summed E-state index contributed by atoms with van der Waals surface area (Å²) in [7, 11) is 0. The molecule has 0 spiro atoms. The zero-order valence-electron chi connectivity index (χ0n) is 13.0. The normalized spacial score (nSPS) is 12.0. The maximum Gasteiger partial charge on any atom is 0.307 e. The summed E-state index contributed by atoms with van der Waals surface area (Å²) in [4.78, 5) is 22.9. The van der Waals surface area contributed by atoms with Crippen LogP contribution in [-0.4, -0.2) is 22.1 Å². The number of aryl methyl sites for hydroxylation is 2. The first-order valence-electron chi connectivity index (χ1n) is 7.03. The van der Waals surface area contributed by atoms with Gasteiger partial charge >= 0.3 is 5.97 Å². The third-order valence-electron chi connectivity index (χ3n) is 3.58. The van der Waals surface area contributed by atoms with Gasteiger partial charge in [0.1, 0.15) is 11.6 Å². The van der Waals surface area contributed by atoms with Crippen molar-refractivity contribution in [1.82, 2.24) is 5.16 Å². The van der Waals surface area contributed by atoms with Crippen molar-refractivity contribution in [3.05, 3.63) is 46.6 Å². The zero-order valence-corrected chi connectivity index (χ0v) is 13.0. The highest BCUT2D eigenvalue weighted by atomic mass is 19.1. The van der Waals surface area contributed by atoms with Gasteiger partial charge in [-0.15, -0.1) is 0 Å². The largest absolute Gasteiger partial charge is 0.481 e. The Bertz CT molecular complexity index is 735. The molecule has 0 saturated heterocycles. The third kappa shape index (κ3) is 3.74. The minimum atomic E-state index is -1.12. The van der Waals surface area contributed by atoms with Gasteiger partial charge in [0.05, 0.1) is 18.0 Å². The molecule has 6 nitrogen and oxygen atoms in total. The van der Waals surface area contributed by atoms with Gasteiger partial charge in [-0.05, 0) is 38.5 Å². The van der Waals surface area contributed by atoms with Gasteiger partial charge in [0.15, 0.2) is 0 Å². The van der Waals surface area contributed by atoms with Crippen molar-refractivity contribution in [3.63, 3.8) is 0 Å². The molecule has 0 radical (unpaired) electrons. The number of nitrogens with zero attached hydrogens (tertiary/aromatic N) is 1. The van der Waals surface area contributed by atoms with E-state index in [-0.39, 0.29) is 17.2 Å². The lowest BCUT2D eigenvalue weighted by Gasteiger charge is -2.12. The predicted molar refractivity (Wildman–Crippen MR) is 80.8 cm³/mol. The lowest BCUT2D eigenvalue weighted by atomic mass is 9.98. The number of carbonyl (C=O) groups is 2. The van der Waals surface area contributed by atoms with Crippen molar-refractivity contribution < 1.29 is 23.6 Å². The van der Waals surface area contributed by atoms with Gasteiger partial charge in [-0.3, -0.25) is 9.59 Å². The van der Waals surface area contributed by atoms with Crippen molar-refractivity contribution in [2.24, 2.45) is 0 Å². The Balaban J connectivity index is 2.14. The quantitative estimate of drug-likeness (QED) is 0.883. The average molecular weight is 320 g/mol. The number of aliphatic carboxylic acids is 1. The summed E-state index contributed by atoms with van der Waals surface area (Å²) in [6, 6.07) is 3.93. The number of benzene rings is 1. The van der Waals surface area contributed by atoms with E-state index < -0.39 is 24.1 Å². The van der Waals surface area contributed by atoms with Gasteiger partial charge in [-0.2, -0.15) is 0 Å². The van der Waals surface area contributed by atoms with Crippen molar-refractivity contribution in [2.45, 2.75) is 33.1 Å². The van der Waals surface area contributed by atoms with Gasteiger partial charge in [0.25, 0.3) is 0 Å². The second kappa shape index (κ2) is 6.60. The van der Waals surface area contributed by atoms with E-state index in [0.717, 1.165) is 6.07 Å². The Morgan fingerprint density at radius 2 is 2.09 bits per heavy atom. The number of carbonyl (C=O) groups excluding carboxylic acids is 1. The van der Waals surface area contributed by atoms with Crippen molar-refractivity contribution in [1.29, 1.82) is 0 Å². The first-order valence-corrected chi connectivity index (χ1v) is 7.03. The van der Waals surface area contributed by atoms with E-state index in [4.69, 9.17) is 9.63 Å². The van der Waals surface area contributed by atoms with Crippen LogP contribution in [0.15, 0.2) is 22.7 Å². The number of hydrogen-bond acceptors (Lipinski definition) is 4. The van der Waals surface area contributed by atoms with Gasteiger partial charge in [0.2, 0.25) is 5.91 Å². The minimum absolute atomic E-state index is 0.0641. The molecule has 2 aromatic rings. The second-order valence-corrected chi connectivity index (χ2v) is 5.33. The molecule has 23 heavy (non-hydrogen) atoms. The van der Waals surface area contributed by atoms with E-state index >= 15 is 0 Å². The molecule has 1 unspecified atom stereocenters. The van der Waals surface area contributed by atoms with Crippen molar-refractivity contribution >= 4 is 17.6 Å². The van der Waals surface area contributed by atoms with Gasteiger partial charge < -0.3 is 14.9 Å². The molecule has 0 aliphatic heterocycles. The molecular weight excluding hydrogens is 303 g/mol. The summed E-state index contributed by atoms with van der Waals surface area (Å²) in [5.74, 6) is -2.07. The van der Waals surface area contributed by atoms with Gasteiger partial charge in [0, 0.05) is 11.3 Å². The van der Waals surface area contributed by atoms with Crippen LogP contribution < -0.4 is 5.32 Å². The average Bonchev–Trinajstić information content (AvgIpc) is 2.80. The molecule has 0 aliphatic carbocycles. The molecule has 2 rings (SSSR count). The summed E-state index contributed by atoms with van der Waals surface area (Å²) in [5.41, 5.74) is 1.66. The molecule has 0 aliphatic rings. The van der Waals surface area contributed by atoms with Crippen LogP contribution in [0.4, 0.5) is 10.1 Å². The number of carboxylic acids is 1. The van der Waals surface area contributed by atoms with Crippen LogP contribution in [0.2, 0.25) is 0 Å². The summed E-state index contributed by atoms with van der Waals surface area (Å²) < 4.78 is 18.9. The number of aromatic nitrogens is 1. The number of anilines is 1. The Morgan fingerprint density at radius 3 is 2.61 bits per heavy atom. The molecular formula is C16H17FN2O4. The van der Waals surface area contributed by atoms with Crippen LogP contribution in [-0.2, 0) is 16.0 Å². The van der Waals surface area contributed by atoms with Crippen LogP contribution in [0.25, 0.3) is 0 Å². The number of hydrogen-bond donors (Lipinski definition) is 2. The first kappa shape index (κ1) is 16.7. The number of carboxylic acid groups (broad SMARTS) is 1. The van der Waals surface area contributed by atoms with Crippen LogP contribution in [0.3, 0.4) is 0 Å². The van der Waals surface area contributed by atoms with Gasteiger partial charge in [-0.1, -0.05) is 11.2 Å². The lowest BCUT2D eigenvalue weighted by molar-refractivity contribution is -0.136. The molecule has 122 valence electrons. The Morgan fingerprint density at radius 1 is 1.39 bits per heavy atom. The predicted octanol–water partition coefficient (Wildman–Crippen LogP) is 2.80. The van der Waals surface area contributed by atoms with E-state index in [2.05, 4.69) is 10.5 Å². The Kier molecular flexibility index (Phi) is 4.78.